The van der Waals surface area contributed by atoms with Crippen LogP contribution in [0.2, 0.25) is 0 Å². The van der Waals surface area contributed by atoms with E-state index in [-0.39, 0.29) is 12.5 Å². The average Bonchev–Trinajstić information content (AvgIpc) is 3.29. The van der Waals surface area contributed by atoms with Crippen molar-refractivity contribution in [3.05, 3.63) is 59.7 Å². The van der Waals surface area contributed by atoms with E-state index in [1.807, 2.05) is 0 Å². The highest BCUT2D eigenvalue weighted by atomic mass is 19.4. The van der Waals surface area contributed by atoms with Crippen molar-refractivity contribution in [2.45, 2.75) is 51.2 Å². The summed E-state index contributed by atoms with van der Waals surface area (Å²) in [5.74, 6) is -3.35. The molecule has 0 spiro atoms. The molecule has 0 saturated carbocycles. The molecule has 1 aliphatic heterocycles. The van der Waals surface area contributed by atoms with Gasteiger partial charge in [-0.25, -0.2) is 4.79 Å². The molecule has 1 aliphatic rings. The van der Waals surface area contributed by atoms with E-state index in [0.717, 1.165) is 24.6 Å². The van der Waals surface area contributed by atoms with Crippen LogP contribution >= 0.6 is 0 Å². The molecular formula is C27H33F3N2O5. The van der Waals surface area contributed by atoms with Crippen LogP contribution in [0.1, 0.15) is 37.3 Å². The number of carboxylic acids is 1. The second-order valence-corrected chi connectivity index (χ2v) is 8.83. The van der Waals surface area contributed by atoms with Crippen LogP contribution in [0.4, 0.5) is 13.2 Å². The molecule has 37 heavy (non-hydrogen) atoms. The van der Waals surface area contributed by atoms with Crippen molar-refractivity contribution >= 4 is 17.8 Å². The van der Waals surface area contributed by atoms with Crippen LogP contribution in [0.15, 0.2) is 48.5 Å². The Balaban J connectivity index is 0.000000604. The first kappa shape index (κ1) is 29.8. The van der Waals surface area contributed by atoms with E-state index in [0.29, 0.717) is 12.8 Å². The van der Waals surface area contributed by atoms with Gasteiger partial charge in [-0.2, -0.15) is 13.2 Å². The molecule has 202 valence electrons. The smallest absolute Gasteiger partial charge is 0.475 e. The summed E-state index contributed by atoms with van der Waals surface area (Å²) in [5, 5.41) is 9.69. The zero-order valence-corrected chi connectivity index (χ0v) is 21.0. The predicted molar refractivity (Wildman–Crippen MR) is 133 cm³/mol. The summed E-state index contributed by atoms with van der Waals surface area (Å²) in [7, 11) is 1.30. The fourth-order valence-electron chi connectivity index (χ4n) is 3.91. The molecule has 0 aliphatic carbocycles. The van der Waals surface area contributed by atoms with Crippen molar-refractivity contribution in [2.24, 2.45) is 0 Å². The second-order valence-electron chi connectivity index (χ2n) is 8.83. The van der Waals surface area contributed by atoms with Crippen LogP contribution in [0, 0.1) is 0 Å². The fourth-order valence-corrected chi connectivity index (χ4v) is 3.91. The van der Waals surface area contributed by atoms with E-state index in [1.54, 1.807) is 0 Å². The first-order valence-corrected chi connectivity index (χ1v) is 12.1. The molecule has 1 heterocycles. The van der Waals surface area contributed by atoms with Gasteiger partial charge in [0.25, 0.3) is 0 Å². The molecular weight excluding hydrogens is 489 g/mol. The number of likely N-dealkylation sites (tertiary alicyclic amines) is 1. The minimum absolute atomic E-state index is 0.0820. The van der Waals surface area contributed by atoms with Gasteiger partial charge in [-0.3, -0.25) is 9.59 Å². The van der Waals surface area contributed by atoms with E-state index in [1.165, 1.54) is 43.2 Å². The number of aliphatic carboxylic acids is 1. The molecule has 1 fully saturated rings. The second kappa shape index (κ2) is 14.4. The number of hydrogen-bond acceptors (Lipinski definition) is 5. The van der Waals surface area contributed by atoms with Crippen molar-refractivity contribution in [3.8, 4) is 11.1 Å². The largest absolute Gasteiger partial charge is 0.490 e. The number of benzene rings is 2. The Morgan fingerprint density at radius 2 is 1.51 bits per heavy atom. The third-order valence-corrected chi connectivity index (χ3v) is 6.16. The van der Waals surface area contributed by atoms with Gasteiger partial charge in [0.2, 0.25) is 5.91 Å². The van der Waals surface area contributed by atoms with Crippen molar-refractivity contribution in [3.63, 3.8) is 0 Å². The fraction of sp³-hybridized carbons (Fsp3) is 0.444. The number of esters is 1. The lowest BCUT2D eigenvalue weighted by Gasteiger charge is -2.20. The van der Waals surface area contributed by atoms with Crippen LogP contribution in [0.5, 0.6) is 0 Å². The molecule has 0 bridgehead atoms. The number of alkyl halides is 3. The number of carbonyl (C=O) groups is 3. The Morgan fingerprint density at radius 3 is 1.95 bits per heavy atom. The van der Waals surface area contributed by atoms with E-state index < -0.39 is 18.1 Å². The highest BCUT2D eigenvalue weighted by molar-refractivity contribution is 5.82. The number of carbonyl (C=O) groups excluding carboxylic acids is 2. The Morgan fingerprint density at radius 1 is 1.00 bits per heavy atom. The Hall–Kier alpha value is -3.40. The van der Waals surface area contributed by atoms with Gasteiger partial charge in [-0.15, -0.1) is 0 Å². The van der Waals surface area contributed by atoms with E-state index >= 15 is 0 Å². The zero-order valence-electron chi connectivity index (χ0n) is 21.0. The number of hydrogen-bond donors (Lipinski definition) is 2. The van der Waals surface area contributed by atoms with Gasteiger partial charge in [0.05, 0.1) is 7.11 Å². The van der Waals surface area contributed by atoms with Crippen molar-refractivity contribution in [1.82, 2.24) is 10.2 Å². The normalized spacial score (nSPS) is 15.4. The number of rotatable bonds is 9. The summed E-state index contributed by atoms with van der Waals surface area (Å²) in [6.07, 6.45) is -0.342. The average molecular weight is 523 g/mol. The summed E-state index contributed by atoms with van der Waals surface area (Å²) in [5.41, 5.74) is 4.86. The standard InChI is InChI=1S/C25H32N2O3.C2HF3O2/c1-19-4-3-16-27(19)17-15-21-7-12-23(13-8-21)22-10-5-20(6-11-22)9-14-24(28)26-18-25(29)30-2;3-2(4,5)1(6)7/h5-8,10-13,19H,3-4,9,14-18H2,1-2H3,(H,26,28);(H,6,7)/t19-;/m1./s1. The molecule has 2 aromatic carbocycles. The van der Waals surface area contributed by atoms with Gasteiger partial charge in [0, 0.05) is 19.0 Å². The maximum Gasteiger partial charge on any atom is 0.490 e. The van der Waals surface area contributed by atoms with E-state index in [9.17, 15) is 22.8 Å². The quantitative estimate of drug-likeness (QED) is 0.479. The molecule has 7 nitrogen and oxygen atoms in total. The molecule has 1 atom stereocenters. The van der Waals surface area contributed by atoms with Gasteiger partial charge in [-0.05, 0) is 61.4 Å². The summed E-state index contributed by atoms with van der Waals surface area (Å²) in [6.45, 7) is 4.62. The number of halogens is 3. The Bertz CT molecular complexity index is 1020. The molecule has 2 aromatic rings. The SMILES string of the molecule is COC(=O)CNC(=O)CCc1ccc(-c2ccc(CCN3CCC[C@H]3C)cc2)cc1.O=C(O)C(F)(F)F. The highest BCUT2D eigenvalue weighted by Gasteiger charge is 2.38. The minimum Gasteiger partial charge on any atom is -0.475 e. The number of carboxylic acid groups (broad SMARTS) is 1. The lowest BCUT2D eigenvalue weighted by Crippen LogP contribution is -2.30. The number of nitrogens with one attached hydrogen (secondary N) is 1. The molecule has 0 radical (unpaired) electrons. The third-order valence-electron chi connectivity index (χ3n) is 6.16. The van der Waals surface area contributed by atoms with Crippen molar-refractivity contribution in [2.75, 3.05) is 26.7 Å². The molecule has 1 saturated heterocycles. The molecule has 1 amide bonds. The number of aryl methyl sites for hydroxylation is 1. The maximum atomic E-state index is 11.8. The highest BCUT2D eigenvalue weighted by Crippen LogP contribution is 2.22. The van der Waals surface area contributed by atoms with Crippen LogP contribution in [-0.2, 0) is 32.0 Å². The summed E-state index contributed by atoms with van der Waals surface area (Å²) in [6, 6.07) is 17.9. The Labute approximate surface area is 214 Å². The van der Waals surface area contributed by atoms with Gasteiger partial charge in [0.1, 0.15) is 6.54 Å². The molecule has 0 aromatic heterocycles. The van der Waals surface area contributed by atoms with Crippen LogP contribution < -0.4 is 5.32 Å². The van der Waals surface area contributed by atoms with E-state index in [4.69, 9.17) is 9.90 Å². The topological polar surface area (TPSA) is 95.9 Å². The number of ether oxygens (including phenoxy) is 1. The van der Waals surface area contributed by atoms with Crippen molar-refractivity contribution < 1.29 is 37.4 Å². The molecule has 10 heteroatoms. The lowest BCUT2D eigenvalue weighted by atomic mass is 10.0. The van der Waals surface area contributed by atoms with Gasteiger partial charge in [0.15, 0.2) is 0 Å². The first-order valence-electron chi connectivity index (χ1n) is 12.1. The minimum atomic E-state index is -5.08. The van der Waals surface area contributed by atoms with E-state index in [2.05, 4.69) is 70.4 Å². The van der Waals surface area contributed by atoms with Gasteiger partial charge in [-0.1, -0.05) is 48.5 Å². The molecule has 3 rings (SSSR count). The van der Waals surface area contributed by atoms with Gasteiger partial charge >= 0.3 is 18.1 Å². The number of nitrogens with zero attached hydrogens (tertiary/aromatic N) is 1. The van der Waals surface area contributed by atoms with Crippen LogP contribution in [-0.4, -0.2) is 66.8 Å². The number of amides is 1. The number of methoxy groups -OCH3 is 1. The Kier molecular flexibility index (Phi) is 11.6. The van der Waals surface area contributed by atoms with Crippen molar-refractivity contribution in [1.29, 1.82) is 0 Å². The monoisotopic (exact) mass is 522 g/mol. The predicted octanol–water partition coefficient (Wildman–Crippen LogP) is 4.24. The summed E-state index contributed by atoms with van der Waals surface area (Å²) in [4.78, 5) is 34.3. The summed E-state index contributed by atoms with van der Waals surface area (Å²) < 4.78 is 36.2. The third kappa shape index (κ3) is 10.6. The lowest BCUT2D eigenvalue weighted by molar-refractivity contribution is -0.192. The van der Waals surface area contributed by atoms with Crippen LogP contribution in [0.3, 0.4) is 0 Å². The zero-order chi connectivity index (χ0) is 27.4. The molecule has 2 N–H and O–H groups in total. The summed E-state index contributed by atoms with van der Waals surface area (Å²) >= 11 is 0. The first-order chi connectivity index (χ1) is 17.5. The van der Waals surface area contributed by atoms with Gasteiger partial charge < -0.3 is 20.1 Å². The van der Waals surface area contributed by atoms with Crippen LogP contribution in [0.25, 0.3) is 11.1 Å². The molecule has 0 unspecified atom stereocenters. The maximum absolute atomic E-state index is 11.8.